The Hall–Kier alpha value is -1.65. The third-order valence-corrected chi connectivity index (χ3v) is 3.05. The van der Waals surface area contributed by atoms with Crippen molar-refractivity contribution in [2.24, 2.45) is 0 Å². The first-order chi connectivity index (χ1) is 9.04. The molecule has 0 fully saturated rings. The third-order valence-electron chi connectivity index (χ3n) is 3.05. The molecule has 0 saturated heterocycles. The largest absolute Gasteiger partial charge is 0.382 e. The van der Waals surface area contributed by atoms with E-state index < -0.39 is 16.4 Å². The van der Waals surface area contributed by atoms with Crippen LogP contribution in [0, 0.1) is 15.9 Å². The van der Waals surface area contributed by atoms with E-state index in [2.05, 4.69) is 12.2 Å². The Morgan fingerprint density at radius 3 is 2.74 bits per heavy atom. The molecule has 1 aromatic rings. The molecule has 0 aliphatic carbocycles. The molecule has 5 heteroatoms. The second kappa shape index (κ2) is 7.71. The van der Waals surface area contributed by atoms with Crippen LogP contribution in [-0.4, -0.2) is 11.0 Å². The van der Waals surface area contributed by atoms with Crippen LogP contribution in [0.5, 0.6) is 0 Å². The van der Waals surface area contributed by atoms with E-state index in [0.717, 1.165) is 18.9 Å². The predicted molar refractivity (Wildman–Crippen MR) is 74.9 cm³/mol. The summed E-state index contributed by atoms with van der Waals surface area (Å²) in [7, 11) is 0. The zero-order valence-electron chi connectivity index (χ0n) is 11.5. The molecule has 0 bridgehead atoms. The second-order valence-electron chi connectivity index (χ2n) is 4.82. The lowest BCUT2D eigenvalue weighted by Crippen LogP contribution is -2.15. The van der Waals surface area contributed by atoms with Crippen molar-refractivity contribution in [3.8, 4) is 0 Å². The topological polar surface area (TPSA) is 55.2 Å². The molecule has 19 heavy (non-hydrogen) atoms. The van der Waals surface area contributed by atoms with Gasteiger partial charge in [0.15, 0.2) is 0 Å². The van der Waals surface area contributed by atoms with Gasteiger partial charge in [0.05, 0.1) is 4.92 Å². The molecule has 0 radical (unpaired) electrons. The van der Waals surface area contributed by atoms with Crippen LogP contribution in [0.3, 0.4) is 0 Å². The van der Waals surface area contributed by atoms with Gasteiger partial charge in [-0.15, -0.1) is 0 Å². The van der Waals surface area contributed by atoms with Gasteiger partial charge < -0.3 is 5.32 Å². The van der Waals surface area contributed by atoms with E-state index in [1.807, 2.05) is 6.92 Å². The standard InChI is InChI=1S/C14H21FN2O2/c1-3-4-5-6-7-11(2)16-12-8-9-13(15)14(10-12)17(18)19/h8-11,16H,3-7H2,1-2H3. The van der Waals surface area contributed by atoms with E-state index in [1.54, 1.807) is 0 Å². The van der Waals surface area contributed by atoms with Crippen LogP contribution >= 0.6 is 0 Å². The number of nitro groups is 1. The molecule has 0 amide bonds. The molecule has 0 aliphatic rings. The molecule has 0 heterocycles. The van der Waals surface area contributed by atoms with Crippen LogP contribution in [0.15, 0.2) is 18.2 Å². The number of halogens is 1. The SMILES string of the molecule is CCCCCCC(C)Nc1ccc(F)c([N+](=O)[O-])c1. The quantitative estimate of drug-likeness (QED) is 0.429. The first-order valence-electron chi connectivity index (χ1n) is 6.75. The zero-order valence-corrected chi connectivity index (χ0v) is 11.5. The summed E-state index contributed by atoms with van der Waals surface area (Å²) in [6.45, 7) is 4.19. The van der Waals surface area contributed by atoms with Gasteiger partial charge in [0.25, 0.3) is 0 Å². The van der Waals surface area contributed by atoms with Crippen LogP contribution in [0.4, 0.5) is 15.8 Å². The summed E-state index contributed by atoms with van der Waals surface area (Å²) < 4.78 is 13.2. The van der Waals surface area contributed by atoms with Crippen molar-refractivity contribution in [2.75, 3.05) is 5.32 Å². The first-order valence-corrected chi connectivity index (χ1v) is 6.75. The van der Waals surface area contributed by atoms with Crippen LogP contribution in [0.25, 0.3) is 0 Å². The molecule has 1 N–H and O–H groups in total. The predicted octanol–water partition coefficient (Wildman–Crippen LogP) is 4.50. The lowest BCUT2D eigenvalue weighted by atomic mass is 10.1. The summed E-state index contributed by atoms with van der Waals surface area (Å²) in [5, 5.41) is 13.8. The number of nitrogens with zero attached hydrogens (tertiary/aromatic N) is 1. The number of hydrogen-bond donors (Lipinski definition) is 1. The molecule has 1 atom stereocenters. The highest BCUT2D eigenvalue weighted by atomic mass is 19.1. The number of anilines is 1. The van der Waals surface area contributed by atoms with E-state index in [0.29, 0.717) is 5.69 Å². The fourth-order valence-corrected chi connectivity index (χ4v) is 1.98. The minimum Gasteiger partial charge on any atom is -0.382 e. The van der Waals surface area contributed by atoms with Crippen molar-refractivity contribution in [3.05, 3.63) is 34.1 Å². The molecule has 1 unspecified atom stereocenters. The summed E-state index contributed by atoms with van der Waals surface area (Å²) in [6, 6.07) is 4.13. The van der Waals surface area contributed by atoms with E-state index in [-0.39, 0.29) is 6.04 Å². The fourth-order valence-electron chi connectivity index (χ4n) is 1.98. The lowest BCUT2D eigenvalue weighted by Gasteiger charge is -2.15. The average Bonchev–Trinajstić information content (AvgIpc) is 2.36. The maximum Gasteiger partial charge on any atom is 0.306 e. The molecular weight excluding hydrogens is 247 g/mol. The van der Waals surface area contributed by atoms with Crippen molar-refractivity contribution in [3.63, 3.8) is 0 Å². The van der Waals surface area contributed by atoms with Crippen molar-refractivity contribution < 1.29 is 9.31 Å². The van der Waals surface area contributed by atoms with Gasteiger partial charge in [-0.05, 0) is 25.5 Å². The molecule has 106 valence electrons. The van der Waals surface area contributed by atoms with Gasteiger partial charge in [0, 0.05) is 17.8 Å². The van der Waals surface area contributed by atoms with Crippen LogP contribution in [-0.2, 0) is 0 Å². The fraction of sp³-hybridized carbons (Fsp3) is 0.571. The van der Waals surface area contributed by atoms with Gasteiger partial charge in [0.1, 0.15) is 0 Å². The number of nitrogens with one attached hydrogen (secondary N) is 1. The normalized spacial score (nSPS) is 12.2. The van der Waals surface area contributed by atoms with Crippen molar-refractivity contribution >= 4 is 11.4 Å². The van der Waals surface area contributed by atoms with E-state index >= 15 is 0 Å². The summed E-state index contributed by atoms with van der Waals surface area (Å²) in [4.78, 5) is 9.94. The number of nitro benzene ring substituents is 1. The van der Waals surface area contributed by atoms with E-state index in [1.165, 1.54) is 31.4 Å². The summed E-state index contributed by atoms with van der Waals surface area (Å²) in [6.07, 6.45) is 5.77. The highest BCUT2D eigenvalue weighted by Gasteiger charge is 2.14. The maximum atomic E-state index is 13.2. The monoisotopic (exact) mass is 268 g/mol. The highest BCUT2D eigenvalue weighted by molar-refractivity contribution is 5.52. The molecule has 0 saturated carbocycles. The Labute approximate surface area is 113 Å². The average molecular weight is 268 g/mol. The first kappa shape index (κ1) is 15.4. The highest BCUT2D eigenvalue weighted by Crippen LogP contribution is 2.22. The van der Waals surface area contributed by atoms with Gasteiger partial charge in [-0.1, -0.05) is 32.6 Å². The van der Waals surface area contributed by atoms with Crippen molar-refractivity contribution in [2.45, 2.75) is 52.0 Å². The Balaban J connectivity index is 2.52. The van der Waals surface area contributed by atoms with Gasteiger partial charge >= 0.3 is 5.69 Å². The van der Waals surface area contributed by atoms with Gasteiger partial charge in [0.2, 0.25) is 5.82 Å². The third kappa shape index (κ3) is 5.24. The van der Waals surface area contributed by atoms with E-state index in [4.69, 9.17) is 0 Å². The van der Waals surface area contributed by atoms with Gasteiger partial charge in [-0.25, -0.2) is 0 Å². The van der Waals surface area contributed by atoms with Crippen LogP contribution < -0.4 is 5.32 Å². The van der Waals surface area contributed by atoms with E-state index in [9.17, 15) is 14.5 Å². The minimum atomic E-state index is -0.800. The molecule has 0 aromatic heterocycles. The Bertz CT molecular complexity index is 424. The summed E-state index contributed by atoms with van der Waals surface area (Å²) in [5.41, 5.74) is 0.110. The number of hydrogen-bond acceptors (Lipinski definition) is 3. The molecule has 1 aromatic carbocycles. The molecule has 1 rings (SSSR count). The molecule has 0 spiro atoms. The van der Waals surface area contributed by atoms with Crippen LogP contribution in [0.1, 0.15) is 46.0 Å². The number of rotatable bonds is 8. The minimum absolute atomic E-state index is 0.224. The van der Waals surface area contributed by atoms with Gasteiger partial charge in [-0.3, -0.25) is 10.1 Å². The smallest absolute Gasteiger partial charge is 0.306 e. The lowest BCUT2D eigenvalue weighted by molar-refractivity contribution is -0.387. The summed E-state index contributed by atoms with van der Waals surface area (Å²) in [5.74, 6) is -0.800. The number of unbranched alkanes of at least 4 members (excludes halogenated alkanes) is 3. The molecule has 4 nitrogen and oxygen atoms in total. The maximum absolute atomic E-state index is 13.2. The van der Waals surface area contributed by atoms with Crippen molar-refractivity contribution in [1.82, 2.24) is 0 Å². The molecular formula is C14H21FN2O2. The van der Waals surface area contributed by atoms with Gasteiger partial charge in [-0.2, -0.15) is 4.39 Å². The summed E-state index contributed by atoms with van der Waals surface area (Å²) >= 11 is 0. The Morgan fingerprint density at radius 2 is 2.11 bits per heavy atom. The Morgan fingerprint density at radius 1 is 1.37 bits per heavy atom. The van der Waals surface area contributed by atoms with Crippen LogP contribution in [0.2, 0.25) is 0 Å². The molecule has 0 aliphatic heterocycles. The zero-order chi connectivity index (χ0) is 14.3. The number of benzene rings is 1. The van der Waals surface area contributed by atoms with Crippen molar-refractivity contribution in [1.29, 1.82) is 0 Å². The Kier molecular flexibility index (Phi) is 6.25. The second-order valence-corrected chi connectivity index (χ2v) is 4.82.